The van der Waals surface area contributed by atoms with Crippen LogP contribution in [0.4, 0.5) is 30.6 Å². The largest absolute Gasteiger partial charge is 0.418 e. The molecule has 0 spiro atoms. The molecule has 0 atom stereocenters. The zero-order valence-electron chi connectivity index (χ0n) is 13.8. The summed E-state index contributed by atoms with van der Waals surface area (Å²) in [5.74, 6) is 0.782. The van der Waals surface area contributed by atoms with E-state index in [9.17, 15) is 13.2 Å². The molecular weight excluding hydrogens is 329 g/mol. The van der Waals surface area contributed by atoms with Gasteiger partial charge < -0.3 is 10.6 Å². The Balaban J connectivity index is 1.74. The van der Waals surface area contributed by atoms with Gasteiger partial charge in [0.05, 0.1) is 11.3 Å². The van der Waals surface area contributed by atoms with Crippen molar-refractivity contribution in [2.75, 3.05) is 10.6 Å². The van der Waals surface area contributed by atoms with Gasteiger partial charge >= 0.3 is 6.18 Å². The fourth-order valence-electron chi connectivity index (χ4n) is 3.09. The van der Waals surface area contributed by atoms with Crippen LogP contribution in [-0.2, 0) is 6.18 Å². The first-order valence-electron chi connectivity index (χ1n) is 8.55. The number of anilines is 3. The van der Waals surface area contributed by atoms with E-state index in [0.29, 0.717) is 11.9 Å². The third-order valence-corrected chi connectivity index (χ3v) is 4.34. The van der Waals surface area contributed by atoms with E-state index in [0.717, 1.165) is 18.9 Å². The van der Waals surface area contributed by atoms with Gasteiger partial charge in [-0.1, -0.05) is 37.8 Å². The maximum atomic E-state index is 13.1. The van der Waals surface area contributed by atoms with Crippen LogP contribution in [0.25, 0.3) is 0 Å². The van der Waals surface area contributed by atoms with Crippen LogP contribution in [0, 0.1) is 0 Å². The van der Waals surface area contributed by atoms with Crippen molar-refractivity contribution in [3.05, 3.63) is 42.1 Å². The Kier molecular flexibility index (Phi) is 5.40. The van der Waals surface area contributed by atoms with Gasteiger partial charge in [0.2, 0.25) is 5.95 Å². The standard InChI is InChI=1S/C18H21F3N4/c19-18(20,21)14-9-5-6-10-15(14)24-17-22-12-11-16(25-17)23-13-7-3-1-2-4-8-13/h5-6,9-13H,1-4,7-8H2,(H2,22,23,24,25). The van der Waals surface area contributed by atoms with Crippen molar-refractivity contribution in [2.24, 2.45) is 0 Å². The second-order valence-corrected chi connectivity index (χ2v) is 6.27. The van der Waals surface area contributed by atoms with Crippen LogP contribution in [-0.4, -0.2) is 16.0 Å². The van der Waals surface area contributed by atoms with Crippen molar-refractivity contribution in [1.29, 1.82) is 0 Å². The van der Waals surface area contributed by atoms with E-state index >= 15 is 0 Å². The predicted molar refractivity (Wildman–Crippen MR) is 91.9 cm³/mol. The number of halogens is 3. The predicted octanol–water partition coefficient (Wildman–Crippen LogP) is 5.37. The fraction of sp³-hybridized carbons (Fsp3) is 0.444. The molecule has 1 aliphatic carbocycles. The molecule has 2 aromatic rings. The average molecular weight is 350 g/mol. The SMILES string of the molecule is FC(F)(F)c1ccccc1Nc1nccc(NC2CCCCCC2)n1. The number of benzene rings is 1. The number of hydrogen-bond acceptors (Lipinski definition) is 4. The highest BCUT2D eigenvalue weighted by Crippen LogP contribution is 2.35. The lowest BCUT2D eigenvalue weighted by Crippen LogP contribution is -2.19. The maximum Gasteiger partial charge on any atom is 0.418 e. The van der Waals surface area contributed by atoms with Gasteiger partial charge in [0.15, 0.2) is 0 Å². The number of rotatable bonds is 4. The molecule has 0 unspecified atom stereocenters. The summed E-state index contributed by atoms with van der Waals surface area (Å²) in [6.07, 6.45) is 4.17. The molecule has 25 heavy (non-hydrogen) atoms. The van der Waals surface area contributed by atoms with Crippen molar-refractivity contribution >= 4 is 17.5 Å². The maximum absolute atomic E-state index is 13.1. The highest BCUT2D eigenvalue weighted by atomic mass is 19.4. The summed E-state index contributed by atoms with van der Waals surface area (Å²) in [6.45, 7) is 0. The summed E-state index contributed by atoms with van der Waals surface area (Å²) in [5, 5.41) is 6.07. The molecular formula is C18H21F3N4. The first-order chi connectivity index (χ1) is 12.0. The van der Waals surface area contributed by atoms with Crippen molar-refractivity contribution in [2.45, 2.75) is 50.7 Å². The van der Waals surface area contributed by atoms with Gasteiger partial charge in [-0.05, 0) is 31.0 Å². The average Bonchev–Trinajstić information content (AvgIpc) is 2.83. The van der Waals surface area contributed by atoms with E-state index in [2.05, 4.69) is 20.6 Å². The molecule has 0 radical (unpaired) electrons. The van der Waals surface area contributed by atoms with Crippen LogP contribution in [0.2, 0.25) is 0 Å². The summed E-state index contributed by atoms with van der Waals surface area (Å²) in [7, 11) is 0. The van der Waals surface area contributed by atoms with Gasteiger partial charge in [-0.3, -0.25) is 0 Å². The van der Waals surface area contributed by atoms with Gasteiger partial charge in [-0.2, -0.15) is 18.2 Å². The number of aromatic nitrogens is 2. The summed E-state index contributed by atoms with van der Waals surface area (Å²) >= 11 is 0. The highest BCUT2D eigenvalue weighted by Gasteiger charge is 2.33. The molecule has 3 rings (SSSR count). The lowest BCUT2D eigenvalue weighted by Gasteiger charge is -2.17. The van der Waals surface area contributed by atoms with E-state index < -0.39 is 11.7 Å². The summed E-state index contributed by atoms with van der Waals surface area (Å²) in [5.41, 5.74) is -0.789. The van der Waals surface area contributed by atoms with Gasteiger partial charge in [0, 0.05) is 12.2 Å². The molecule has 1 aromatic carbocycles. The molecule has 1 saturated carbocycles. The van der Waals surface area contributed by atoms with Crippen molar-refractivity contribution in [3.63, 3.8) is 0 Å². The molecule has 134 valence electrons. The second kappa shape index (κ2) is 7.72. The molecule has 2 N–H and O–H groups in total. The van der Waals surface area contributed by atoms with E-state index in [-0.39, 0.29) is 11.6 Å². The smallest absolute Gasteiger partial charge is 0.367 e. The van der Waals surface area contributed by atoms with E-state index in [1.165, 1.54) is 37.8 Å². The molecule has 1 aromatic heterocycles. The Bertz CT molecular complexity index is 695. The lowest BCUT2D eigenvalue weighted by atomic mass is 10.1. The Morgan fingerprint density at radius 2 is 1.68 bits per heavy atom. The van der Waals surface area contributed by atoms with Crippen LogP contribution in [0.15, 0.2) is 36.5 Å². The quantitative estimate of drug-likeness (QED) is 0.728. The van der Waals surface area contributed by atoms with E-state index in [4.69, 9.17) is 0 Å². The van der Waals surface area contributed by atoms with Gasteiger partial charge in [-0.25, -0.2) is 4.98 Å². The Morgan fingerprint density at radius 1 is 0.960 bits per heavy atom. The molecule has 1 aliphatic rings. The fourth-order valence-corrected chi connectivity index (χ4v) is 3.09. The minimum Gasteiger partial charge on any atom is -0.367 e. The molecule has 7 heteroatoms. The topological polar surface area (TPSA) is 49.8 Å². The zero-order chi connectivity index (χ0) is 17.7. The summed E-state index contributed by atoms with van der Waals surface area (Å²) < 4.78 is 39.3. The van der Waals surface area contributed by atoms with Crippen LogP contribution < -0.4 is 10.6 Å². The molecule has 0 saturated heterocycles. The summed E-state index contributed by atoms with van der Waals surface area (Å²) in [4.78, 5) is 8.36. The van der Waals surface area contributed by atoms with Crippen molar-refractivity contribution in [3.8, 4) is 0 Å². The molecule has 0 bridgehead atoms. The van der Waals surface area contributed by atoms with Gasteiger partial charge in [0.1, 0.15) is 5.82 Å². The van der Waals surface area contributed by atoms with Gasteiger partial charge in [0.25, 0.3) is 0 Å². The molecule has 0 amide bonds. The van der Waals surface area contributed by atoms with E-state index in [1.54, 1.807) is 18.3 Å². The first-order valence-corrected chi connectivity index (χ1v) is 8.55. The van der Waals surface area contributed by atoms with Crippen LogP contribution in [0.5, 0.6) is 0 Å². The number of alkyl halides is 3. The Labute approximate surface area is 144 Å². The van der Waals surface area contributed by atoms with Crippen LogP contribution >= 0.6 is 0 Å². The molecule has 4 nitrogen and oxygen atoms in total. The number of hydrogen-bond donors (Lipinski definition) is 2. The normalized spacial score (nSPS) is 16.3. The third-order valence-electron chi connectivity index (χ3n) is 4.34. The van der Waals surface area contributed by atoms with Crippen molar-refractivity contribution < 1.29 is 13.2 Å². The summed E-state index contributed by atoms with van der Waals surface area (Å²) in [6, 6.07) is 7.41. The molecule has 1 heterocycles. The monoisotopic (exact) mass is 350 g/mol. The number of nitrogens with one attached hydrogen (secondary N) is 2. The Hall–Kier alpha value is -2.31. The molecule has 0 aliphatic heterocycles. The highest BCUT2D eigenvalue weighted by molar-refractivity contribution is 5.60. The lowest BCUT2D eigenvalue weighted by molar-refractivity contribution is -0.136. The van der Waals surface area contributed by atoms with Crippen molar-refractivity contribution in [1.82, 2.24) is 9.97 Å². The first kappa shape index (κ1) is 17.5. The molecule has 1 fully saturated rings. The van der Waals surface area contributed by atoms with Crippen LogP contribution in [0.1, 0.15) is 44.1 Å². The minimum absolute atomic E-state index is 0.0541. The van der Waals surface area contributed by atoms with Crippen LogP contribution in [0.3, 0.4) is 0 Å². The number of para-hydroxylation sites is 1. The zero-order valence-corrected chi connectivity index (χ0v) is 13.8. The van der Waals surface area contributed by atoms with E-state index in [1.807, 2.05) is 0 Å². The Morgan fingerprint density at radius 3 is 2.40 bits per heavy atom. The van der Waals surface area contributed by atoms with Gasteiger partial charge in [-0.15, -0.1) is 0 Å². The second-order valence-electron chi connectivity index (χ2n) is 6.27. The number of nitrogens with zero attached hydrogens (tertiary/aromatic N) is 2. The third kappa shape index (κ3) is 4.84. The minimum atomic E-state index is -4.43.